The fourth-order valence-corrected chi connectivity index (χ4v) is 4.33. The van der Waals surface area contributed by atoms with Gasteiger partial charge in [-0.15, -0.1) is 0 Å². The van der Waals surface area contributed by atoms with Gasteiger partial charge in [-0.05, 0) is 68.8 Å². The van der Waals surface area contributed by atoms with Crippen molar-refractivity contribution in [2.75, 3.05) is 0 Å². The summed E-state index contributed by atoms with van der Waals surface area (Å²) >= 11 is 3.43. The van der Waals surface area contributed by atoms with Crippen molar-refractivity contribution >= 4 is 39.0 Å². The number of aryl methyl sites for hydroxylation is 1. The molecule has 0 bridgehead atoms. The van der Waals surface area contributed by atoms with E-state index in [2.05, 4.69) is 28.0 Å². The number of fused-ring (bicyclic) bond motifs is 1. The predicted octanol–water partition coefficient (Wildman–Crippen LogP) is 5.66. The molecule has 0 spiro atoms. The van der Waals surface area contributed by atoms with Crippen molar-refractivity contribution in [3.8, 4) is 5.69 Å². The van der Waals surface area contributed by atoms with Crippen molar-refractivity contribution in [3.63, 3.8) is 0 Å². The summed E-state index contributed by atoms with van der Waals surface area (Å²) in [5.41, 5.74) is 4.29. The number of rotatable bonds is 6. The molecule has 2 aromatic heterocycles. The van der Waals surface area contributed by atoms with Crippen LogP contribution in [0.2, 0.25) is 0 Å². The quantitative estimate of drug-likeness (QED) is 0.332. The lowest BCUT2D eigenvalue weighted by Gasteiger charge is -2.14. The summed E-state index contributed by atoms with van der Waals surface area (Å²) in [5, 5.41) is 14.2. The summed E-state index contributed by atoms with van der Waals surface area (Å²) in [5.74, 6) is -0.284. The van der Waals surface area contributed by atoms with Crippen LogP contribution in [0.3, 0.4) is 0 Å². The first-order chi connectivity index (χ1) is 16.2. The number of carbonyl (C=O) groups is 1. The summed E-state index contributed by atoms with van der Waals surface area (Å²) in [4.78, 5) is 29.3. The van der Waals surface area contributed by atoms with Crippen molar-refractivity contribution in [1.82, 2.24) is 14.2 Å². The van der Waals surface area contributed by atoms with Crippen LogP contribution in [-0.2, 0) is 0 Å². The predicted molar refractivity (Wildman–Crippen MR) is 138 cm³/mol. The van der Waals surface area contributed by atoms with Crippen LogP contribution in [0.15, 0.2) is 62.9 Å². The van der Waals surface area contributed by atoms with E-state index in [0.717, 1.165) is 33.5 Å². The molecule has 0 fully saturated rings. The van der Waals surface area contributed by atoms with Gasteiger partial charge in [0.1, 0.15) is 5.82 Å². The van der Waals surface area contributed by atoms with E-state index < -0.39 is 5.97 Å². The van der Waals surface area contributed by atoms with Crippen molar-refractivity contribution in [2.45, 2.75) is 40.0 Å². The van der Waals surface area contributed by atoms with Gasteiger partial charge in [-0.25, -0.2) is 9.78 Å². The second kappa shape index (κ2) is 9.38. The third kappa shape index (κ3) is 4.33. The van der Waals surface area contributed by atoms with Gasteiger partial charge in [-0.2, -0.15) is 9.78 Å². The molecule has 0 aliphatic rings. The van der Waals surface area contributed by atoms with Crippen LogP contribution < -0.4 is 5.56 Å². The van der Waals surface area contributed by atoms with Crippen molar-refractivity contribution in [1.29, 1.82) is 0 Å². The van der Waals surface area contributed by atoms with Gasteiger partial charge in [0, 0.05) is 33.0 Å². The summed E-state index contributed by atoms with van der Waals surface area (Å²) in [6, 6.07) is 14.2. The number of nitrogens with zero attached hydrogens (tertiary/aromatic N) is 4. The first-order valence-corrected chi connectivity index (χ1v) is 11.8. The number of benzene rings is 2. The Balaban J connectivity index is 1.80. The minimum atomic E-state index is -0.959. The Kier molecular flexibility index (Phi) is 6.52. The van der Waals surface area contributed by atoms with Crippen LogP contribution in [-0.4, -0.2) is 31.5 Å². The maximum atomic E-state index is 13.3. The van der Waals surface area contributed by atoms with E-state index in [1.807, 2.05) is 43.5 Å². The highest BCUT2D eigenvalue weighted by molar-refractivity contribution is 9.10. The average Bonchev–Trinajstić information content (AvgIpc) is 3.11. The van der Waals surface area contributed by atoms with E-state index in [1.165, 1.54) is 4.68 Å². The zero-order chi connectivity index (χ0) is 24.6. The lowest BCUT2D eigenvalue weighted by molar-refractivity contribution is 0.0697. The van der Waals surface area contributed by atoms with Crippen molar-refractivity contribution in [3.05, 3.63) is 91.7 Å². The van der Waals surface area contributed by atoms with E-state index in [4.69, 9.17) is 10.1 Å². The fourth-order valence-electron chi connectivity index (χ4n) is 3.97. The first kappa shape index (κ1) is 23.6. The molecule has 0 aliphatic carbocycles. The molecule has 0 saturated heterocycles. The highest BCUT2D eigenvalue weighted by Gasteiger charge is 2.16. The Labute approximate surface area is 205 Å². The number of hydrogen-bond donors (Lipinski definition) is 1. The van der Waals surface area contributed by atoms with Crippen LogP contribution in [0, 0.1) is 13.8 Å². The Morgan fingerprint density at radius 1 is 1.18 bits per heavy atom. The molecule has 2 heterocycles. The summed E-state index contributed by atoms with van der Waals surface area (Å²) < 4.78 is 4.24. The molecule has 0 saturated carbocycles. The third-order valence-corrected chi connectivity index (χ3v) is 6.53. The van der Waals surface area contributed by atoms with E-state index in [0.29, 0.717) is 16.7 Å². The van der Waals surface area contributed by atoms with Crippen LogP contribution in [0.5, 0.6) is 0 Å². The molecule has 1 N–H and O–H groups in total. The number of aromatic nitrogens is 3. The molecule has 34 heavy (non-hydrogen) atoms. The van der Waals surface area contributed by atoms with Gasteiger partial charge in [0.25, 0.3) is 5.56 Å². The molecule has 0 aliphatic heterocycles. The lowest BCUT2D eigenvalue weighted by atomic mass is 10.1. The summed E-state index contributed by atoms with van der Waals surface area (Å²) in [7, 11) is 0. The molecule has 2 aromatic carbocycles. The van der Waals surface area contributed by atoms with E-state index in [1.54, 1.807) is 36.5 Å². The number of hydrogen-bond acceptors (Lipinski definition) is 4. The zero-order valence-corrected chi connectivity index (χ0v) is 21.0. The van der Waals surface area contributed by atoms with Gasteiger partial charge in [-0.1, -0.05) is 29.8 Å². The molecule has 1 atom stereocenters. The summed E-state index contributed by atoms with van der Waals surface area (Å²) in [6.07, 6.45) is 2.51. The first-order valence-electron chi connectivity index (χ1n) is 11.0. The number of carboxylic acid groups (broad SMARTS) is 1. The number of carboxylic acids is 1. The van der Waals surface area contributed by atoms with E-state index in [9.17, 15) is 9.59 Å². The van der Waals surface area contributed by atoms with Crippen LogP contribution >= 0.6 is 15.9 Å². The van der Waals surface area contributed by atoms with Gasteiger partial charge in [0.2, 0.25) is 0 Å². The van der Waals surface area contributed by atoms with E-state index in [-0.39, 0.29) is 17.0 Å². The Morgan fingerprint density at radius 2 is 1.88 bits per heavy atom. The Bertz CT molecular complexity index is 1480. The molecule has 0 unspecified atom stereocenters. The largest absolute Gasteiger partial charge is 0.478 e. The molecule has 7 nitrogen and oxygen atoms in total. The summed E-state index contributed by atoms with van der Waals surface area (Å²) in [6.45, 7) is 8.03. The standard InChI is InChI=1S/C26H25BrN4O3/c1-5-15(2)24-29-23-11-8-20(27)13-22(23)25(32)31(24)28-14-19-12-16(3)30(17(19)4)21-9-6-18(7-10-21)26(33)34/h6-15H,5H2,1-4H3,(H,33,34)/t15-/m0/s1. The maximum absolute atomic E-state index is 13.3. The fraction of sp³-hybridized carbons (Fsp3) is 0.231. The van der Waals surface area contributed by atoms with Gasteiger partial charge in [0.15, 0.2) is 0 Å². The molecule has 0 radical (unpaired) electrons. The van der Waals surface area contributed by atoms with Gasteiger partial charge >= 0.3 is 5.97 Å². The van der Waals surface area contributed by atoms with Crippen LogP contribution in [0.4, 0.5) is 0 Å². The molecule has 174 valence electrons. The SMILES string of the molecule is CC[C@H](C)c1nc2ccc(Br)cc2c(=O)n1N=Cc1cc(C)n(-c2ccc(C(=O)O)cc2)c1C. The highest BCUT2D eigenvalue weighted by atomic mass is 79.9. The highest BCUT2D eigenvalue weighted by Crippen LogP contribution is 2.22. The maximum Gasteiger partial charge on any atom is 0.335 e. The zero-order valence-electron chi connectivity index (χ0n) is 19.4. The molecule has 4 rings (SSSR count). The molecular weight excluding hydrogens is 496 g/mol. The van der Waals surface area contributed by atoms with E-state index >= 15 is 0 Å². The second-order valence-corrected chi connectivity index (χ2v) is 9.23. The van der Waals surface area contributed by atoms with Crippen molar-refractivity contribution in [2.24, 2.45) is 5.10 Å². The smallest absolute Gasteiger partial charge is 0.335 e. The molecular formula is C26H25BrN4O3. The van der Waals surface area contributed by atoms with Gasteiger partial charge in [0.05, 0.1) is 22.7 Å². The topological polar surface area (TPSA) is 89.5 Å². The molecule has 0 amide bonds. The third-order valence-electron chi connectivity index (χ3n) is 6.04. The molecule has 4 aromatic rings. The number of halogens is 1. The van der Waals surface area contributed by atoms with Gasteiger partial charge < -0.3 is 9.67 Å². The molecule has 8 heteroatoms. The Hall–Kier alpha value is -3.52. The number of aromatic carboxylic acids is 1. The minimum Gasteiger partial charge on any atom is -0.478 e. The normalized spacial score (nSPS) is 12.5. The lowest BCUT2D eigenvalue weighted by Crippen LogP contribution is -2.23. The van der Waals surface area contributed by atoms with Crippen LogP contribution in [0.1, 0.15) is 59.3 Å². The van der Waals surface area contributed by atoms with Crippen LogP contribution in [0.25, 0.3) is 16.6 Å². The van der Waals surface area contributed by atoms with Crippen molar-refractivity contribution < 1.29 is 9.90 Å². The monoisotopic (exact) mass is 520 g/mol. The average molecular weight is 521 g/mol. The van der Waals surface area contributed by atoms with Gasteiger partial charge in [-0.3, -0.25) is 4.79 Å². The minimum absolute atomic E-state index is 0.0538. The second-order valence-electron chi connectivity index (χ2n) is 8.32. The Morgan fingerprint density at radius 3 is 2.53 bits per heavy atom.